The summed E-state index contributed by atoms with van der Waals surface area (Å²) < 4.78 is 29.0. The Labute approximate surface area is 181 Å². The first-order chi connectivity index (χ1) is 15.0. The number of benzene rings is 1. The second kappa shape index (κ2) is 8.78. The van der Waals surface area contributed by atoms with Gasteiger partial charge in [-0.3, -0.25) is 9.59 Å². The molecule has 1 aliphatic carbocycles. The third-order valence-corrected chi connectivity index (χ3v) is 6.98. The summed E-state index contributed by atoms with van der Waals surface area (Å²) in [6.07, 6.45) is -1.82. The zero-order chi connectivity index (χ0) is 22.2. The van der Waals surface area contributed by atoms with E-state index in [-0.39, 0.29) is 25.2 Å². The van der Waals surface area contributed by atoms with Gasteiger partial charge in [0.2, 0.25) is 0 Å². The predicted molar refractivity (Wildman–Crippen MR) is 107 cm³/mol. The van der Waals surface area contributed by atoms with Crippen LogP contribution in [0.3, 0.4) is 0 Å². The van der Waals surface area contributed by atoms with Gasteiger partial charge in [-0.15, -0.1) is 0 Å². The second-order valence-electron chi connectivity index (χ2n) is 8.25. The number of aldehydes is 1. The minimum Gasteiger partial charge on any atom is -0.469 e. The molecular formula is C23H28O8. The van der Waals surface area contributed by atoms with Crippen molar-refractivity contribution in [3.63, 3.8) is 0 Å². The number of hydrogen-bond acceptors (Lipinski definition) is 8. The van der Waals surface area contributed by atoms with E-state index in [2.05, 4.69) is 0 Å². The van der Waals surface area contributed by atoms with Crippen molar-refractivity contribution in [2.45, 2.75) is 44.6 Å². The summed E-state index contributed by atoms with van der Waals surface area (Å²) in [7, 11) is 2.76. The molecule has 0 unspecified atom stereocenters. The summed E-state index contributed by atoms with van der Waals surface area (Å²) in [6.45, 7) is 1.92. The number of esters is 1. The highest BCUT2D eigenvalue weighted by atomic mass is 16.7. The molecule has 2 heterocycles. The molecule has 2 aliphatic heterocycles. The van der Waals surface area contributed by atoms with Crippen LogP contribution in [0.5, 0.6) is 0 Å². The smallest absolute Gasteiger partial charge is 0.309 e. The van der Waals surface area contributed by atoms with E-state index in [1.54, 1.807) is 6.92 Å². The summed E-state index contributed by atoms with van der Waals surface area (Å²) in [4.78, 5) is 38.6. The molecule has 3 fully saturated rings. The van der Waals surface area contributed by atoms with Crippen molar-refractivity contribution in [2.24, 2.45) is 23.2 Å². The first kappa shape index (κ1) is 22.1. The normalized spacial score (nSPS) is 39.3. The number of ether oxygens (including phenoxy) is 5. The lowest BCUT2D eigenvalue weighted by molar-refractivity contribution is -0.358. The lowest BCUT2D eigenvalue weighted by Crippen LogP contribution is -2.67. The van der Waals surface area contributed by atoms with Crippen LogP contribution in [0.15, 0.2) is 30.3 Å². The van der Waals surface area contributed by atoms with E-state index in [1.165, 1.54) is 14.2 Å². The zero-order valence-corrected chi connectivity index (χ0v) is 17.9. The number of hydrogen-bond donors (Lipinski definition) is 0. The van der Waals surface area contributed by atoms with Crippen molar-refractivity contribution in [2.75, 3.05) is 20.8 Å². The number of fused-ring (bicyclic) bond motifs is 3. The summed E-state index contributed by atoms with van der Waals surface area (Å²) in [5.74, 6) is -2.78. The molecule has 3 aliphatic rings. The van der Waals surface area contributed by atoms with Gasteiger partial charge < -0.3 is 28.5 Å². The Morgan fingerprint density at radius 3 is 2.55 bits per heavy atom. The molecule has 2 saturated heterocycles. The molecule has 4 rings (SSSR count). The summed E-state index contributed by atoms with van der Waals surface area (Å²) in [5.41, 5.74) is -0.467. The van der Waals surface area contributed by atoms with E-state index in [0.29, 0.717) is 0 Å². The van der Waals surface area contributed by atoms with E-state index in [9.17, 15) is 14.4 Å². The van der Waals surface area contributed by atoms with Crippen LogP contribution < -0.4 is 0 Å². The van der Waals surface area contributed by atoms with E-state index >= 15 is 0 Å². The molecule has 31 heavy (non-hydrogen) atoms. The largest absolute Gasteiger partial charge is 0.469 e. The zero-order valence-electron chi connectivity index (χ0n) is 17.9. The van der Waals surface area contributed by atoms with Crippen molar-refractivity contribution in [3.05, 3.63) is 35.9 Å². The molecule has 1 aromatic rings. The quantitative estimate of drug-likeness (QED) is 0.498. The Bertz CT molecular complexity index is 826. The summed E-state index contributed by atoms with van der Waals surface area (Å²) in [5, 5.41) is 0. The van der Waals surface area contributed by atoms with Gasteiger partial charge in [-0.25, -0.2) is 0 Å². The fourth-order valence-corrected chi connectivity index (χ4v) is 5.74. The van der Waals surface area contributed by atoms with Crippen molar-refractivity contribution >= 4 is 18.0 Å². The number of carbonyl (C=O) groups is 3. The van der Waals surface area contributed by atoms with Crippen LogP contribution >= 0.6 is 0 Å². The Morgan fingerprint density at radius 1 is 1.19 bits per heavy atom. The number of methoxy groups -OCH3 is 2. The van der Waals surface area contributed by atoms with Crippen LogP contribution in [0.2, 0.25) is 0 Å². The summed E-state index contributed by atoms with van der Waals surface area (Å²) >= 11 is 0. The van der Waals surface area contributed by atoms with Gasteiger partial charge in [0, 0.05) is 30.9 Å². The molecular weight excluding hydrogens is 404 g/mol. The van der Waals surface area contributed by atoms with E-state index in [4.69, 9.17) is 23.7 Å². The highest BCUT2D eigenvalue weighted by Gasteiger charge is 2.72. The van der Waals surface area contributed by atoms with Crippen LogP contribution in [-0.2, 0) is 38.1 Å². The molecule has 8 nitrogen and oxygen atoms in total. The van der Waals surface area contributed by atoms with Gasteiger partial charge in [0.1, 0.15) is 24.3 Å². The van der Waals surface area contributed by atoms with Crippen LogP contribution in [0.25, 0.3) is 0 Å². The SMILES string of the molecule is CCC(=O)[C@@]12[C@@H]([C@@H](OC)O[C@@H]3CO[C@@H](c4ccccc4)O[C@H]31)[C@@H](C(=O)OC)C[C@H]2C=O. The van der Waals surface area contributed by atoms with Gasteiger partial charge >= 0.3 is 5.97 Å². The third kappa shape index (κ3) is 3.33. The lowest BCUT2D eigenvalue weighted by atomic mass is 9.60. The van der Waals surface area contributed by atoms with Crippen molar-refractivity contribution < 1.29 is 38.1 Å². The molecule has 1 aromatic carbocycles. The van der Waals surface area contributed by atoms with Gasteiger partial charge in [-0.05, 0) is 6.42 Å². The van der Waals surface area contributed by atoms with Gasteiger partial charge in [-0.1, -0.05) is 37.3 Å². The van der Waals surface area contributed by atoms with Crippen molar-refractivity contribution in [1.82, 2.24) is 0 Å². The number of ketones is 1. The highest BCUT2D eigenvalue weighted by Crippen LogP contribution is 2.61. The van der Waals surface area contributed by atoms with Gasteiger partial charge in [-0.2, -0.15) is 0 Å². The Kier molecular flexibility index (Phi) is 6.25. The van der Waals surface area contributed by atoms with Gasteiger partial charge in [0.15, 0.2) is 12.6 Å². The minimum absolute atomic E-state index is 0.143. The Balaban J connectivity index is 1.82. The molecule has 0 aromatic heterocycles. The van der Waals surface area contributed by atoms with E-state index in [0.717, 1.165) is 11.8 Å². The van der Waals surface area contributed by atoms with E-state index < -0.39 is 53.9 Å². The molecule has 8 heteroatoms. The van der Waals surface area contributed by atoms with E-state index in [1.807, 2.05) is 30.3 Å². The molecule has 0 amide bonds. The van der Waals surface area contributed by atoms with Gasteiger partial charge in [0.25, 0.3) is 0 Å². The Hall–Kier alpha value is -2.13. The molecule has 0 spiro atoms. The lowest BCUT2D eigenvalue weighted by Gasteiger charge is -2.55. The monoisotopic (exact) mass is 432 g/mol. The average Bonchev–Trinajstić information content (AvgIpc) is 3.19. The first-order valence-electron chi connectivity index (χ1n) is 10.6. The second-order valence-corrected chi connectivity index (χ2v) is 8.25. The fraction of sp³-hybridized carbons (Fsp3) is 0.609. The van der Waals surface area contributed by atoms with Crippen molar-refractivity contribution in [3.8, 4) is 0 Å². The molecule has 8 atom stereocenters. The van der Waals surface area contributed by atoms with Gasteiger partial charge in [0.05, 0.1) is 25.0 Å². The minimum atomic E-state index is -1.27. The molecule has 0 radical (unpaired) electrons. The van der Waals surface area contributed by atoms with Crippen LogP contribution in [0.1, 0.15) is 31.6 Å². The number of Topliss-reactive ketones (excluding diaryl/α,β-unsaturated/α-hetero) is 1. The average molecular weight is 432 g/mol. The number of carbonyl (C=O) groups excluding carboxylic acids is 3. The van der Waals surface area contributed by atoms with Crippen molar-refractivity contribution in [1.29, 1.82) is 0 Å². The van der Waals surface area contributed by atoms with Crippen LogP contribution in [0.4, 0.5) is 0 Å². The highest BCUT2D eigenvalue weighted by molar-refractivity contribution is 5.91. The topological polar surface area (TPSA) is 97.4 Å². The first-order valence-corrected chi connectivity index (χ1v) is 10.6. The molecule has 0 bridgehead atoms. The van der Waals surface area contributed by atoms with Crippen LogP contribution in [0, 0.1) is 23.2 Å². The molecule has 1 saturated carbocycles. The Morgan fingerprint density at radius 2 is 1.94 bits per heavy atom. The predicted octanol–water partition coefficient (Wildman–Crippen LogP) is 2.06. The standard InChI is InChI=1S/C23H28O8/c1-4-17(25)23-14(11-24)10-15(20(26)27-2)18(23)22(28-3)30-16-12-29-21(31-19(16)23)13-8-6-5-7-9-13/h5-9,11,14-16,18-19,21-22H,4,10,12H2,1-3H3/t14-,15-,16+,18+,19+,21+,22-,23-/m0/s1. The maximum Gasteiger partial charge on any atom is 0.309 e. The number of rotatable bonds is 6. The summed E-state index contributed by atoms with van der Waals surface area (Å²) in [6, 6.07) is 9.39. The molecule has 168 valence electrons. The van der Waals surface area contributed by atoms with Crippen LogP contribution in [-0.4, -0.2) is 57.4 Å². The maximum absolute atomic E-state index is 13.6. The fourth-order valence-electron chi connectivity index (χ4n) is 5.74. The third-order valence-electron chi connectivity index (χ3n) is 6.98. The maximum atomic E-state index is 13.6. The molecule has 0 N–H and O–H groups in total.